The third-order valence-electron chi connectivity index (χ3n) is 4.78. The van der Waals surface area contributed by atoms with Crippen LogP contribution in [0.4, 0.5) is 5.82 Å². The SMILES string of the molecule is c1cc(C2=NCc3cc4c(cc32)OCCO4)cc(N2CCOCC2)n1. The van der Waals surface area contributed by atoms with Crippen molar-refractivity contribution in [3.05, 3.63) is 47.2 Å². The van der Waals surface area contributed by atoms with E-state index in [1.807, 2.05) is 12.3 Å². The molecule has 1 fully saturated rings. The Kier molecular flexibility index (Phi) is 3.56. The van der Waals surface area contributed by atoms with Crippen molar-refractivity contribution in [2.45, 2.75) is 6.54 Å². The predicted molar refractivity (Wildman–Crippen MR) is 94.0 cm³/mol. The lowest BCUT2D eigenvalue weighted by molar-refractivity contribution is 0.122. The number of nitrogens with zero attached hydrogens (tertiary/aromatic N) is 3. The Bertz CT molecular complexity index is 844. The number of ether oxygens (including phenoxy) is 3. The van der Waals surface area contributed by atoms with E-state index in [1.54, 1.807) is 0 Å². The molecule has 3 aliphatic rings. The lowest BCUT2D eigenvalue weighted by Gasteiger charge is -2.28. The van der Waals surface area contributed by atoms with Crippen LogP contribution in [-0.4, -0.2) is 50.2 Å². The first-order valence-electron chi connectivity index (χ1n) is 8.65. The number of rotatable bonds is 2. The first-order chi connectivity index (χ1) is 12.4. The lowest BCUT2D eigenvalue weighted by atomic mass is 9.99. The molecular formula is C19H19N3O3. The molecule has 1 saturated heterocycles. The van der Waals surface area contributed by atoms with Gasteiger partial charge in [0, 0.05) is 30.4 Å². The van der Waals surface area contributed by atoms with Gasteiger partial charge in [-0.1, -0.05) is 0 Å². The van der Waals surface area contributed by atoms with Gasteiger partial charge >= 0.3 is 0 Å². The molecule has 6 nitrogen and oxygen atoms in total. The van der Waals surface area contributed by atoms with Crippen molar-refractivity contribution < 1.29 is 14.2 Å². The summed E-state index contributed by atoms with van der Waals surface area (Å²) in [6, 6.07) is 8.26. The van der Waals surface area contributed by atoms with Gasteiger partial charge in [-0.2, -0.15) is 0 Å². The van der Waals surface area contributed by atoms with E-state index in [1.165, 1.54) is 5.56 Å². The van der Waals surface area contributed by atoms with Crippen LogP contribution in [0.5, 0.6) is 11.5 Å². The molecule has 0 N–H and O–H groups in total. The molecule has 0 saturated carbocycles. The number of aliphatic imine (C=N–C) groups is 1. The summed E-state index contributed by atoms with van der Waals surface area (Å²) in [6.07, 6.45) is 1.86. The van der Waals surface area contributed by atoms with E-state index in [0.29, 0.717) is 19.8 Å². The topological polar surface area (TPSA) is 56.2 Å². The number of fused-ring (bicyclic) bond motifs is 2. The zero-order valence-electron chi connectivity index (χ0n) is 13.9. The maximum Gasteiger partial charge on any atom is 0.162 e. The monoisotopic (exact) mass is 337 g/mol. The molecule has 128 valence electrons. The number of aromatic nitrogens is 1. The fraction of sp³-hybridized carbons (Fsp3) is 0.368. The highest BCUT2D eigenvalue weighted by Gasteiger charge is 2.23. The smallest absolute Gasteiger partial charge is 0.162 e. The fourth-order valence-electron chi connectivity index (χ4n) is 3.51. The molecule has 0 bridgehead atoms. The Balaban J connectivity index is 1.49. The van der Waals surface area contributed by atoms with Gasteiger partial charge in [-0.15, -0.1) is 0 Å². The van der Waals surface area contributed by atoms with Crippen molar-refractivity contribution >= 4 is 11.5 Å². The van der Waals surface area contributed by atoms with Gasteiger partial charge < -0.3 is 19.1 Å². The molecule has 4 heterocycles. The number of hydrogen-bond donors (Lipinski definition) is 0. The molecule has 3 aliphatic heterocycles. The van der Waals surface area contributed by atoms with Gasteiger partial charge in [0.05, 0.1) is 25.5 Å². The highest BCUT2D eigenvalue weighted by atomic mass is 16.6. The van der Waals surface area contributed by atoms with Gasteiger partial charge in [-0.3, -0.25) is 4.99 Å². The Labute approximate surface area is 146 Å². The number of benzene rings is 1. The van der Waals surface area contributed by atoms with Crippen LogP contribution >= 0.6 is 0 Å². The number of morpholine rings is 1. The standard InChI is InChI=1S/C19H19N3O3/c1-2-20-18(22-3-5-23-6-4-22)10-13(1)19-15-11-17-16(24-7-8-25-17)9-14(15)12-21-19/h1-2,9-11H,3-8,12H2. The van der Waals surface area contributed by atoms with Gasteiger partial charge in [0.1, 0.15) is 19.0 Å². The van der Waals surface area contributed by atoms with E-state index < -0.39 is 0 Å². The Morgan fingerprint density at radius 3 is 2.56 bits per heavy atom. The van der Waals surface area contributed by atoms with E-state index in [9.17, 15) is 0 Å². The molecule has 0 spiro atoms. The van der Waals surface area contributed by atoms with E-state index in [4.69, 9.17) is 19.2 Å². The van der Waals surface area contributed by atoms with Crippen molar-refractivity contribution in [1.29, 1.82) is 0 Å². The van der Waals surface area contributed by atoms with Gasteiger partial charge in [0.2, 0.25) is 0 Å². The van der Waals surface area contributed by atoms with E-state index in [-0.39, 0.29) is 0 Å². The zero-order valence-corrected chi connectivity index (χ0v) is 13.9. The molecule has 0 aliphatic carbocycles. The summed E-state index contributed by atoms with van der Waals surface area (Å²) < 4.78 is 16.9. The largest absolute Gasteiger partial charge is 0.486 e. The normalized spacial score (nSPS) is 18.7. The second-order valence-electron chi connectivity index (χ2n) is 6.32. The minimum atomic E-state index is 0.592. The summed E-state index contributed by atoms with van der Waals surface area (Å²) in [5.74, 6) is 2.61. The minimum absolute atomic E-state index is 0.592. The first kappa shape index (κ1) is 14.7. The second-order valence-corrected chi connectivity index (χ2v) is 6.32. The Morgan fingerprint density at radius 1 is 0.920 bits per heavy atom. The molecule has 0 amide bonds. The summed E-state index contributed by atoms with van der Waals surface area (Å²) in [5.41, 5.74) is 4.41. The van der Waals surface area contributed by atoms with Gasteiger partial charge in [0.25, 0.3) is 0 Å². The van der Waals surface area contributed by atoms with Crippen LogP contribution in [0.1, 0.15) is 16.7 Å². The average Bonchev–Trinajstić information content (AvgIpc) is 3.10. The highest BCUT2D eigenvalue weighted by Crippen LogP contribution is 2.37. The van der Waals surface area contributed by atoms with Crippen molar-refractivity contribution in [3.63, 3.8) is 0 Å². The van der Waals surface area contributed by atoms with E-state index >= 15 is 0 Å². The summed E-state index contributed by atoms with van der Waals surface area (Å²) in [4.78, 5) is 11.6. The number of pyridine rings is 1. The number of hydrogen-bond acceptors (Lipinski definition) is 6. The van der Waals surface area contributed by atoms with Crippen LogP contribution in [0.25, 0.3) is 0 Å². The summed E-state index contributed by atoms with van der Waals surface area (Å²) in [7, 11) is 0. The van der Waals surface area contributed by atoms with E-state index in [0.717, 1.165) is 60.5 Å². The molecule has 2 aromatic rings. The molecule has 5 rings (SSSR count). The fourth-order valence-corrected chi connectivity index (χ4v) is 3.51. The Hall–Kier alpha value is -2.60. The molecule has 0 radical (unpaired) electrons. The highest BCUT2D eigenvalue weighted by molar-refractivity contribution is 6.15. The van der Waals surface area contributed by atoms with Gasteiger partial charge in [-0.05, 0) is 29.8 Å². The van der Waals surface area contributed by atoms with Crippen LogP contribution in [0, 0.1) is 0 Å². The third-order valence-corrected chi connectivity index (χ3v) is 4.78. The molecule has 6 heteroatoms. The van der Waals surface area contributed by atoms with Crippen LogP contribution in [0.3, 0.4) is 0 Å². The summed E-state index contributed by atoms with van der Waals surface area (Å²) in [5, 5.41) is 0. The first-order valence-corrected chi connectivity index (χ1v) is 8.65. The molecular weight excluding hydrogens is 318 g/mol. The average molecular weight is 337 g/mol. The van der Waals surface area contributed by atoms with Crippen LogP contribution in [-0.2, 0) is 11.3 Å². The predicted octanol–water partition coefficient (Wildman–Crippen LogP) is 2.04. The van der Waals surface area contributed by atoms with E-state index in [2.05, 4.69) is 28.1 Å². The van der Waals surface area contributed by atoms with Crippen molar-refractivity contribution in [2.24, 2.45) is 4.99 Å². The maximum atomic E-state index is 5.74. The van der Waals surface area contributed by atoms with Gasteiger partial charge in [0.15, 0.2) is 11.5 Å². The van der Waals surface area contributed by atoms with Crippen molar-refractivity contribution in [2.75, 3.05) is 44.4 Å². The molecule has 0 unspecified atom stereocenters. The Morgan fingerprint density at radius 2 is 1.72 bits per heavy atom. The summed E-state index contributed by atoms with van der Waals surface area (Å²) >= 11 is 0. The minimum Gasteiger partial charge on any atom is -0.486 e. The van der Waals surface area contributed by atoms with Crippen LogP contribution < -0.4 is 14.4 Å². The molecule has 1 aromatic heterocycles. The summed E-state index contributed by atoms with van der Waals surface area (Å²) in [6.45, 7) is 5.12. The zero-order chi connectivity index (χ0) is 16.6. The lowest BCUT2D eigenvalue weighted by Crippen LogP contribution is -2.36. The van der Waals surface area contributed by atoms with Crippen LogP contribution in [0.15, 0.2) is 35.5 Å². The van der Waals surface area contributed by atoms with Crippen molar-refractivity contribution in [1.82, 2.24) is 4.98 Å². The number of anilines is 1. The third kappa shape index (κ3) is 2.62. The van der Waals surface area contributed by atoms with Crippen LogP contribution in [0.2, 0.25) is 0 Å². The molecule has 1 aromatic carbocycles. The second kappa shape index (κ2) is 6.04. The molecule has 25 heavy (non-hydrogen) atoms. The molecule has 0 atom stereocenters. The maximum absolute atomic E-state index is 5.74. The van der Waals surface area contributed by atoms with Crippen molar-refractivity contribution in [3.8, 4) is 11.5 Å². The van der Waals surface area contributed by atoms with Gasteiger partial charge in [-0.25, -0.2) is 4.98 Å². The quantitative estimate of drug-likeness (QED) is 0.839.